The molecule has 354 valence electrons. The molecule has 1 aliphatic heterocycles. The fraction of sp³-hybridized carbons (Fsp3) is 0.0137. The minimum Gasteiger partial charge on any atom is -0.455 e. The summed E-state index contributed by atoms with van der Waals surface area (Å²) >= 11 is 0. The van der Waals surface area contributed by atoms with Crippen LogP contribution in [0.5, 0.6) is 0 Å². The van der Waals surface area contributed by atoms with Gasteiger partial charge in [0.2, 0.25) is 0 Å². The van der Waals surface area contributed by atoms with Gasteiger partial charge in [0.05, 0.1) is 22.5 Å². The highest BCUT2D eigenvalue weighted by molar-refractivity contribution is 6.13. The summed E-state index contributed by atoms with van der Waals surface area (Å²) in [6.45, 7) is 0. The number of hydrogen-bond acceptors (Lipinski definition) is 3. The van der Waals surface area contributed by atoms with Crippen LogP contribution in [0.3, 0.4) is 0 Å². The lowest BCUT2D eigenvalue weighted by Gasteiger charge is -2.37. The minimum atomic E-state index is -0.751. The van der Waals surface area contributed by atoms with Gasteiger partial charge in [0.1, 0.15) is 11.2 Å². The Labute approximate surface area is 441 Å². The molecule has 2 aliphatic carbocycles. The summed E-state index contributed by atoms with van der Waals surface area (Å²) in [4.78, 5) is 4.95. The molecule has 76 heavy (non-hydrogen) atoms. The molecule has 0 saturated heterocycles. The molecule has 1 aromatic heterocycles. The molecule has 1 spiro atoms. The first-order valence-corrected chi connectivity index (χ1v) is 26.2. The number of anilines is 6. The van der Waals surface area contributed by atoms with E-state index in [4.69, 9.17) is 4.42 Å². The van der Waals surface area contributed by atoms with Gasteiger partial charge >= 0.3 is 0 Å². The monoisotopic (exact) mass is 966 g/mol. The summed E-state index contributed by atoms with van der Waals surface area (Å²) in [6.07, 6.45) is 0. The van der Waals surface area contributed by atoms with E-state index in [0.717, 1.165) is 78.3 Å². The summed E-state index contributed by atoms with van der Waals surface area (Å²) in [5, 5.41) is 2.25. The zero-order valence-electron chi connectivity index (χ0n) is 41.4. The molecule has 3 aliphatic rings. The molecule has 0 fully saturated rings. The topological polar surface area (TPSA) is 19.6 Å². The Morgan fingerprint density at radius 2 is 0.842 bits per heavy atom. The van der Waals surface area contributed by atoms with E-state index in [1.165, 1.54) is 66.8 Å². The third kappa shape index (κ3) is 5.99. The van der Waals surface area contributed by atoms with Gasteiger partial charge in [-0.2, -0.15) is 0 Å². The van der Waals surface area contributed by atoms with E-state index in [9.17, 15) is 0 Å². The number of fused-ring (bicyclic) bond motifs is 21. The number of benzene rings is 12. The summed E-state index contributed by atoms with van der Waals surface area (Å²) in [5.74, 6) is 0. The highest BCUT2D eigenvalue weighted by Crippen LogP contribution is 2.64. The lowest BCUT2D eigenvalue weighted by Crippen LogP contribution is -2.29. The molecule has 3 heteroatoms. The molecule has 0 amide bonds. The largest absolute Gasteiger partial charge is 0.455 e. The smallest absolute Gasteiger partial charge is 0.143 e. The molecule has 12 aromatic carbocycles. The van der Waals surface area contributed by atoms with Crippen LogP contribution in [-0.2, 0) is 5.41 Å². The van der Waals surface area contributed by atoms with Gasteiger partial charge in [-0.3, -0.25) is 0 Å². The Kier molecular flexibility index (Phi) is 9.25. The average Bonchev–Trinajstić information content (AvgIpc) is 4.14. The number of para-hydroxylation sites is 4. The van der Waals surface area contributed by atoms with Gasteiger partial charge in [-0.1, -0.05) is 218 Å². The quantitative estimate of drug-likeness (QED) is 0.171. The Morgan fingerprint density at radius 3 is 1.61 bits per heavy atom. The molecular weight excluding hydrogens is 921 g/mol. The summed E-state index contributed by atoms with van der Waals surface area (Å²) < 4.78 is 7.01. The lowest BCUT2D eigenvalue weighted by atomic mass is 9.65. The van der Waals surface area contributed by atoms with Gasteiger partial charge in [0, 0.05) is 50.1 Å². The minimum absolute atomic E-state index is 0.751. The van der Waals surface area contributed by atoms with Gasteiger partial charge in [-0.05, 0) is 127 Å². The van der Waals surface area contributed by atoms with Gasteiger partial charge in [0.15, 0.2) is 0 Å². The fourth-order valence-corrected chi connectivity index (χ4v) is 13.3. The summed E-state index contributed by atoms with van der Waals surface area (Å²) in [7, 11) is 0. The Bertz CT molecular complexity index is 4490. The third-order valence-corrected chi connectivity index (χ3v) is 16.4. The number of hydrogen-bond donors (Lipinski definition) is 0. The van der Waals surface area contributed by atoms with Crippen LogP contribution < -0.4 is 9.80 Å². The van der Waals surface area contributed by atoms with Gasteiger partial charge in [-0.15, -0.1) is 0 Å². The van der Waals surface area contributed by atoms with Crippen LogP contribution in [0.2, 0.25) is 0 Å². The van der Waals surface area contributed by atoms with E-state index in [1.54, 1.807) is 0 Å². The molecule has 0 N–H and O–H groups in total. The molecule has 0 saturated carbocycles. The summed E-state index contributed by atoms with van der Waals surface area (Å²) in [6, 6.07) is 103. The van der Waals surface area contributed by atoms with Crippen molar-refractivity contribution in [3.05, 3.63) is 301 Å². The molecule has 13 aromatic rings. The molecule has 16 rings (SSSR count). The molecule has 3 nitrogen and oxygen atoms in total. The Hall–Kier alpha value is -9.96. The first kappa shape index (κ1) is 42.5. The van der Waals surface area contributed by atoms with Crippen molar-refractivity contribution < 1.29 is 4.42 Å². The number of rotatable bonds is 5. The van der Waals surface area contributed by atoms with Gasteiger partial charge in [0.25, 0.3) is 0 Å². The summed E-state index contributed by atoms with van der Waals surface area (Å²) in [5.41, 5.74) is 26.8. The Morgan fingerprint density at radius 1 is 0.316 bits per heavy atom. The van der Waals surface area contributed by atoms with E-state index in [2.05, 4.69) is 289 Å². The van der Waals surface area contributed by atoms with Crippen LogP contribution in [0.25, 0.3) is 88.7 Å². The van der Waals surface area contributed by atoms with Crippen LogP contribution in [0.1, 0.15) is 22.3 Å². The van der Waals surface area contributed by atoms with Gasteiger partial charge in [-0.25, -0.2) is 0 Å². The van der Waals surface area contributed by atoms with Crippen LogP contribution in [0, 0.1) is 0 Å². The average molecular weight is 967 g/mol. The van der Waals surface area contributed by atoms with Crippen molar-refractivity contribution in [2.24, 2.45) is 0 Å². The van der Waals surface area contributed by atoms with Crippen molar-refractivity contribution in [1.29, 1.82) is 0 Å². The SMILES string of the molecule is c1ccc(-c2ccccc2N(c2ccc3c(c2)-c2ccccc2-c2ccccc2N3c2ccccc2)c2ccc3c(c2)C2(c4ccccc4-c4ccccc4-3)c3ccccc3-c3c2ccc2c3oc3ccccc32)cc1. The second-order valence-electron chi connectivity index (χ2n) is 20.2. The normalized spacial score (nSPS) is 14.3. The molecule has 0 bridgehead atoms. The fourth-order valence-electron chi connectivity index (χ4n) is 13.3. The van der Waals surface area contributed by atoms with Gasteiger partial charge < -0.3 is 14.2 Å². The predicted molar refractivity (Wildman–Crippen MR) is 315 cm³/mol. The van der Waals surface area contributed by atoms with Crippen molar-refractivity contribution in [3.8, 4) is 66.8 Å². The third-order valence-electron chi connectivity index (χ3n) is 16.4. The molecule has 0 radical (unpaired) electrons. The zero-order chi connectivity index (χ0) is 49.9. The van der Waals surface area contributed by atoms with Crippen LogP contribution >= 0.6 is 0 Å². The van der Waals surface area contributed by atoms with Crippen molar-refractivity contribution in [3.63, 3.8) is 0 Å². The zero-order valence-corrected chi connectivity index (χ0v) is 41.4. The van der Waals surface area contributed by atoms with Crippen LogP contribution in [0.4, 0.5) is 34.1 Å². The first-order chi connectivity index (χ1) is 37.7. The van der Waals surface area contributed by atoms with E-state index >= 15 is 0 Å². The highest BCUT2D eigenvalue weighted by Gasteiger charge is 2.51. The highest BCUT2D eigenvalue weighted by atomic mass is 16.3. The first-order valence-electron chi connectivity index (χ1n) is 26.2. The maximum atomic E-state index is 7.01. The Balaban J connectivity index is 1.02. The number of nitrogens with zero attached hydrogens (tertiary/aromatic N) is 2. The maximum absolute atomic E-state index is 7.01. The predicted octanol–water partition coefficient (Wildman–Crippen LogP) is 19.9. The molecule has 1 unspecified atom stereocenters. The molecule has 1 atom stereocenters. The number of furan rings is 1. The van der Waals surface area contributed by atoms with E-state index in [1.807, 2.05) is 0 Å². The van der Waals surface area contributed by atoms with Crippen LogP contribution in [-0.4, -0.2) is 0 Å². The second-order valence-corrected chi connectivity index (χ2v) is 20.2. The van der Waals surface area contributed by atoms with Crippen LogP contribution in [0.15, 0.2) is 283 Å². The van der Waals surface area contributed by atoms with E-state index in [-0.39, 0.29) is 0 Å². The van der Waals surface area contributed by atoms with Crippen molar-refractivity contribution in [2.75, 3.05) is 9.80 Å². The second kappa shape index (κ2) is 16.5. The maximum Gasteiger partial charge on any atom is 0.143 e. The molecular formula is C73H46N2O. The van der Waals surface area contributed by atoms with Crippen molar-refractivity contribution >= 4 is 56.1 Å². The van der Waals surface area contributed by atoms with E-state index < -0.39 is 5.41 Å². The van der Waals surface area contributed by atoms with Crippen molar-refractivity contribution in [2.45, 2.75) is 5.41 Å². The van der Waals surface area contributed by atoms with E-state index in [0.29, 0.717) is 0 Å². The van der Waals surface area contributed by atoms with Crippen molar-refractivity contribution in [1.82, 2.24) is 0 Å². The molecule has 2 heterocycles. The standard InChI is InChI=1S/C73H46N2O/c1-3-21-47(22-4-1)51-25-13-18-36-67(51)74(49-40-44-69-62(45-49)55-29-10-9-28-54(55)58-31-14-19-37-68(58)75(69)48-23-5-2-6-24-48)50-39-41-57-53-27-8-7-26-52(53)56-30-11-16-34-63(56)73(66(57)46-50)64-35-17-12-33-61(64)71-65(73)43-42-60-59-32-15-20-38-70(59)76-72(60)71/h1-46H. The lowest BCUT2D eigenvalue weighted by molar-refractivity contribution is 0.669.